The number of likely N-dealkylation sites (N-methyl/N-ethyl adjacent to an activating group) is 1. The molecule has 0 aromatic heterocycles. The number of amides is 1. The highest BCUT2D eigenvalue weighted by atomic mass is 32.2. The van der Waals surface area contributed by atoms with Gasteiger partial charge in [0.1, 0.15) is 5.75 Å². The zero-order chi connectivity index (χ0) is 16.0. The van der Waals surface area contributed by atoms with Crippen LogP contribution in [0.3, 0.4) is 0 Å². The van der Waals surface area contributed by atoms with E-state index in [0.29, 0.717) is 24.5 Å². The minimum Gasteiger partial charge on any atom is -0.494 e. The van der Waals surface area contributed by atoms with E-state index in [-0.39, 0.29) is 10.8 Å². The Morgan fingerprint density at radius 1 is 1.33 bits per heavy atom. The molecule has 21 heavy (non-hydrogen) atoms. The highest BCUT2D eigenvalue weighted by Gasteiger charge is 2.23. The summed E-state index contributed by atoms with van der Waals surface area (Å²) in [6.07, 6.45) is 0. The zero-order valence-electron chi connectivity index (χ0n) is 12.8. The van der Waals surface area contributed by atoms with Gasteiger partial charge in [0.15, 0.2) is 0 Å². The minimum atomic E-state index is -3.75. The maximum absolute atomic E-state index is 12.3. The Morgan fingerprint density at radius 2 is 2.00 bits per heavy atom. The van der Waals surface area contributed by atoms with E-state index in [2.05, 4.69) is 10.0 Å². The lowest BCUT2D eigenvalue weighted by Gasteiger charge is -2.15. The molecule has 2 N–H and O–H groups in total. The maximum atomic E-state index is 12.3. The average Bonchev–Trinajstić information content (AvgIpc) is 2.38. The lowest BCUT2D eigenvalue weighted by Crippen LogP contribution is -2.44. The van der Waals surface area contributed by atoms with Crippen LogP contribution in [0.15, 0.2) is 23.1 Å². The molecule has 0 saturated carbocycles. The third-order valence-corrected chi connectivity index (χ3v) is 4.52. The smallest absolute Gasteiger partial charge is 0.241 e. The Kier molecular flexibility index (Phi) is 6.17. The van der Waals surface area contributed by atoms with Gasteiger partial charge in [0.2, 0.25) is 15.9 Å². The van der Waals surface area contributed by atoms with E-state index >= 15 is 0 Å². The van der Waals surface area contributed by atoms with Crippen molar-refractivity contribution in [3.8, 4) is 5.75 Å². The van der Waals surface area contributed by atoms with Crippen LogP contribution in [-0.2, 0) is 14.8 Å². The summed E-state index contributed by atoms with van der Waals surface area (Å²) in [5.74, 6) is 0.260. The Morgan fingerprint density at radius 3 is 2.52 bits per heavy atom. The fourth-order valence-electron chi connectivity index (χ4n) is 1.86. The first-order valence-corrected chi connectivity index (χ1v) is 8.33. The van der Waals surface area contributed by atoms with Gasteiger partial charge in [-0.05, 0) is 51.5 Å². The summed E-state index contributed by atoms with van der Waals surface area (Å²) in [6.45, 7) is 7.79. The predicted octanol–water partition coefficient (Wildman–Crippen LogP) is 1.20. The summed E-state index contributed by atoms with van der Waals surface area (Å²) in [7, 11) is -3.75. The first-order chi connectivity index (χ1) is 9.81. The van der Waals surface area contributed by atoms with Crippen molar-refractivity contribution in [1.29, 1.82) is 0 Å². The molecule has 0 heterocycles. The zero-order valence-corrected chi connectivity index (χ0v) is 13.6. The minimum absolute atomic E-state index is 0.141. The second kappa shape index (κ2) is 7.42. The summed E-state index contributed by atoms with van der Waals surface area (Å²) >= 11 is 0. The van der Waals surface area contributed by atoms with Crippen molar-refractivity contribution in [2.45, 2.75) is 38.6 Å². The van der Waals surface area contributed by atoms with Crippen molar-refractivity contribution < 1.29 is 17.9 Å². The second-order valence-electron chi connectivity index (χ2n) is 4.60. The number of rotatable bonds is 7. The summed E-state index contributed by atoms with van der Waals surface area (Å²) in [6, 6.07) is 3.91. The summed E-state index contributed by atoms with van der Waals surface area (Å²) < 4.78 is 32.3. The molecule has 1 unspecified atom stereocenters. The molecule has 1 amide bonds. The Balaban J connectivity index is 2.95. The van der Waals surface area contributed by atoms with Crippen LogP contribution in [0.2, 0.25) is 0 Å². The van der Waals surface area contributed by atoms with Crippen molar-refractivity contribution in [2.24, 2.45) is 0 Å². The molecule has 0 saturated heterocycles. The molecule has 118 valence electrons. The quantitative estimate of drug-likeness (QED) is 0.792. The van der Waals surface area contributed by atoms with Crippen molar-refractivity contribution in [2.75, 3.05) is 13.2 Å². The molecule has 0 aliphatic carbocycles. The van der Waals surface area contributed by atoms with Crippen molar-refractivity contribution in [3.05, 3.63) is 23.8 Å². The number of ether oxygens (including phenoxy) is 1. The monoisotopic (exact) mass is 314 g/mol. The number of sulfonamides is 1. The molecule has 6 nitrogen and oxygen atoms in total. The lowest BCUT2D eigenvalue weighted by atomic mass is 10.2. The van der Waals surface area contributed by atoms with E-state index < -0.39 is 16.1 Å². The van der Waals surface area contributed by atoms with E-state index in [0.717, 1.165) is 0 Å². The standard InChI is InChI=1S/C14H22N2O4S/c1-5-15-14(17)11(4)16-21(18,19)13-8-7-12(20-6-2)9-10(13)3/h7-9,11,16H,5-6H2,1-4H3,(H,15,17). The number of hydrogen-bond acceptors (Lipinski definition) is 4. The van der Waals surface area contributed by atoms with Gasteiger partial charge >= 0.3 is 0 Å². The van der Waals surface area contributed by atoms with Crippen molar-refractivity contribution >= 4 is 15.9 Å². The van der Waals surface area contributed by atoms with Crippen LogP contribution >= 0.6 is 0 Å². The second-order valence-corrected chi connectivity index (χ2v) is 6.28. The molecular formula is C14H22N2O4S. The van der Waals surface area contributed by atoms with Gasteiger partial charge in [0, 0.05) is 6.54 Å². The number of carbonyl (C=O) groups excluding carboxylic acids is 1. The molecule has 0 spiro atoms. The fourth-order valence-corrected chi connectivity index (χ4v) is 3.29. The number of aryl methyl sites for hydroxylation is 1. The molecule has 0 fully saturated rings. The summed E-state index contributed by atoms with van der Waals surface area (Å²) in [4.78, 5) is 11.8. The fraction of sp³-hybridized carbons (Fsp3) is 0.500. The van der Waals surface area contributed by atoms with Crippen LogP contribution in [0, 0.1) is 6.92 Å². The maximum Gasteiger partial charge on any atom is 0.241 e. The summed E-state index contributed by atoms with van der Waals surface area (Å²) in [5, 5.41) is 2.57. The normalized spacial score (nSPS) is 12.8. The predicted molar refractivity (Wildman–Crippen MR) is 80.8 cm³/mol. The summed E-state index contributed by atoms with van der Waals surface area (Å²) in [5.41, 5.74) is 0.566. The van der Waals surface area contributed by atoms with E-state index in [4.69, 9.17) is 4.74 Å². The topological polar surface area (TPSA) is 84.5 Å². The molecule has 1 aromatic carbocycles. The average molecular weight is 314 g/mol. The number of carbonyl (C=O) groups is 1. The first kappa shape index (κ1) is 17.5. The third-order valence-electron chi connectivity index (χ3n) is 2.82. The molecule has 1 rings (SSSR count). The van der Waals surface area contributed by atoms with E-state index in [1.54, 1.807) is 26.0 Å². The van der Waals surface area contributed by atoms with E-state index in [1.807, 2.05) is 6.92 Å². The van der Waals surface area contributed by atoms with Gasteiger partial charge in [-0.2, -0.15) is 4.72 Å². The van der Waals surface area contributed by atoms with Gasteiger partial charge in [-0.3, -0.25) is 4.79 Å². The van der Waals surface area contributed by atoms with Crippen molar-refractivity contribution in [1.82, 2.24) is 10.0 Å². The number of nitrogens with one attached hydrogen (secondary N) is 2. The molecule has 0 radical (unpaired) electrons. The molecule has 1 atom stereocenters. The number of hydrogen-bond donors (Lipinski definition) is 2. The van der Waals surface area contributed by atoms with E-state index in [1.165, 1.54) is 13.0 Å². The molecular weight excluding hydrogens is 292 g/mol. The molecule has 1 aromatic rings. The molecule has 7 heteroatoms. The van der Waals surface area contributed by atoms with Gasteiger partial charge in [0.05, 0.1) is 17.5 Å². The van der Waals surface area contributed by atoms with Crippen LogP contribution in [0.4, 0.5) is 0 Å². The Bertz CT molecular complexity index is 599. The largest absolute Gasteiger partial charge is 0.494 e. The molecule has 0 aliphatic heterocycles. The van der Waals surface area contributed by atoms with Gasteiger partial charge in [-0.1, -0.05) is 0 Å². The lowest BCUT2D eigenvalue weighted by molar-refractivity contribution is -0.122. The van der Waals surface area contributed by atoms with Gasteiger partial charge in [0.25, 0.3) is 0 Å². The van der Waals surface area contributed by atoms with Crippen LogP contribution in [-0.4, -0.2) is 33.5 Å². The highest BCUT2D eigenvalue weighted by molar-refractivity contribution is 7.89. The Hall–Kier alpha value is -1.60. The molecule has 0 bridgehead atoms. The van der Waals surface area contributed by atoms with Crippen LogP contribution in [0.25, 0.3) is 0 Å². The van der Waals surface area contributed by atoms with Crippen LogP contribution in [0.1, 0.15) is 26.3 Å². The highest BCUT2D eigenvalue weighted by Crippen LogP contribution is 2.21. The van der Waals surface area contributed by atoms with E-state index in [9.17, 15) is 13.2 Å². The number of benzene rings is 1. The van der Waals surface area contributed by atoms with Gasteiger partial charge in [-0.15, -0.1) is 0 Å². The third kappa shape index (κ3) is 4.71. The molecule has 0 aliphatic rings. The van der Waals surface area contributed by atoms with Crippen molar-refractivity contribution in [3.63, 3.8) is 0 Å². The van der Waals surface area contributed by atoms with Crippen LogP contribution in [0.5, 0.6) is 5.75 Å². The van der Waals surface area contributed by atoms with Gasteiger partial charge in [-0.25, -0.2) is 8.42 Å². The van der Waals surface area contributed by atoms with Crippen LogP contribution < -0.4 is 14.8 Å². The van der Waals surface area contributed by atoms with Gasteiger partial charge < -0.3 is 10.1 Å². The Labute approximate surface area is 125 Å². The first-order valence-electron chi connectivity index (χ1n) is 6.85. The SMILES string of the molecule is CCNC(=O)C(C)NS(=O)(=O)c1ccc(OCC)cc1C.